The average molecular weight is 437 g/mol. The Bertz CT molecular complexity index is 1230. The molecule has 2 N–H and O–H groups in total. The minimum absolute atomic E-state index is 0.664. The fraction of sp³-hybridized carbons (Fsp3) is 0.304. The van der Waals surface area contributed by atoms with Gasteiger partial charge in [-0.15, -0.1) is 0 Å². The van der Waals surface area contributed by atoms with E-state index in [4.69, 9.17) is 21.3 Å². The lowest BCUT2D eigenvalue weighted by molar-refractivity contribution is 0.415. The molecule has 1 aliphatic heterocycles. The lowest BCUT2D eigenvalue weighted by Crippen LogP contribution is -2.28. The number of halogens is 1. The topological polar surface area (TPSA) is 66.7 Å². The highest BCUT2D eigenvalue weighted by molar-refractivity contribution is 6.33. The van der Waals surface area contributed by atoms with Gasteiger partial charge in [0.2, 0.25) is 0 Å². The molecule has 0 aliphatic carbocycles. The minimum Gasteiger partial charge on any atom is -0.495 e. The summed E-state index contributed by atoms with van der Waals surface area (Å²) in [5, 5.41) is 7.51. The molecule has 0 radical (unpaired) electrons. The normalized spacial score (nSPS) is 14.7. The Morgan fingerprint density at radius 2 is 2.03 bits per heavy atom. The van der Waals surface area contributed by atoms with Crippen LogP contribution in [-0.4, -0.2) is 47.7 Å². The number of imidazole rings is 1. The first kappa shape index (κ1) is 19.9. The van der Waals surface area contributed by atoms with Crippen molar-refractivity contribution in [2.45, 2.75) is 13.3 Å². The van der Waals surface area contributed by atoms with E-state index in [2.05, 4.69) is 31.0 Å². The van der Waals surface area contributed by atoms with E-state index in [9.17, 15) is 0 Å². The van der Waals surface area contributed by atoms with Crippen molar-refractivity contribution in [3.63, 3.8) is 0 Å². The maximum absolute atomic E-state index is 6.41. The maximum atomic E-state index is 6.41. The van der Waals surface area contributed by atoms with E-state index in [0.717, 1.165) is 77.7 Å². The Balaban J connectivity index is 1.62. The van der Waals surface area contributed by atoms with E-state index in [-0.39, 0.29) is 0 Å². The van der Waals surface area contributed by atoms with Crippen molar-refractivity contribution in [3.8, 4) is 5.75 Å². The molecule has 3 heterocycles. The summed E-state index contributed by atoms with van der Waals surface area (Å²) in [4.78, 5) is 11.7. The standard InChI is InChI=1S/C23H25ClN6O/c1-15-5-3-6-16(24)22(15)28-23-20-13-26-17-11-21(31-2)19(12-18(17)30(20)14-27-23)29-9-4-7-25-8-10-29/h3,5-6,11-14,25,28H,4,7-10H2,1-2H3. The number of hydrogen-bond acceptors (Lipinski definition) is 6. The number of para-hydroxylation sites is 1. The van der Waals surface area contributed by atoms with Gasteiger partial charge < -0.3 is 20.3 Å². The van der Waals surface area contributed by atoms with E-state index in [1.165, 1.54) is 0 Å². The summed E-state index contributed by atoms with van der Waals surface area (Å²) in [6, 6.07) is 10.0. The van der Waals surface area contributed by atoms with Gasteiger partial charge in [0.05, 0.1) is 40.7 Å². The van der Waals surface area contributed by atoms with Crippen LogP contribution in [0.25, 0.3) is 16.6 Å². The first-order valence-corrected chi connectivity index (χ1v) is 10.8. The van der Waals surface area contributed by atoms with Crippen LogP contribution in [0, 0.1) is 6.92 Å². The van der Waals surface area contributed by atoms with Gasteiger partial charge in [0.25, 0.3) is 0 Å². The third kappa shape index (κ3) is 3.64. The van der Waals surface area contributed by atoms with Gasteiger partial charge in [-0.05, 0) is 37.6 Å². The van der Waals surface area contributed by atoms with E-state index in [0.29, 0.717) is 5.02 Å². The molecule has 0 saturated carbocycles. The number of nitrogens with one attached hydrogen (secondary N) is 2. The molecule has 31 heavy (non-hydrogen) atoms. The van der Waals surface area contributed by atoms with Crippen LogP contribution in [-0.2, 0) is 0 Å². The highest BCUT2D eigenvalue weighted by atomic mass is 35.5. The number of nitrogens with zero attached hydrogens (tertiary/aromatic N) is 4. The second kappa shape index (κ2) is 8.24. The van der Waals surface area contributed by atoms with Crippen LogP contribution in [0.2, 0.25) is 5.02 Å². The molecule has 0 atom stereocenters. The number of methoxy groups -OCH3 is 1. The quantitative estimate of drug-likeness (QED) is 0.494. The summed E-state index contributed by atoms with van der Waals surface area (Å²) in [5.74, 6) is 1.56. The fourth-order valence-electron chi connectivity index (χ4n) is 4.15. The second-order valence-electron chi connectivity index (χ2n) is 7.77. The van der Waals surface area contributed by atoms with Crippen LogP contribution in [0.3, 0.4) is 0 Å². The molecule has 2 aromatic carbocycles. The third-order valence-corrected chi connectivity index (χ3v) is 6.13. The van der Waals surface area contributed by atoms with Crippen LogP contribution >= 0.6 is 11.6 Å². The Labute approximate surface area is 186 Å². The molecule has 8 heteroatoms. The zero-order chi connectivity index (χ0) is 21.4. The summed E-state index contributed by atoms with van der Waals surface area (Å²) >= 11 is 6.41. The SMILES string of the molecule is COc1cc2ncc3c(Nc4c(C)cccc4Cl)ncn3c2cc1N1CCCNCC1. The molecule has 4 aromatic rings. The third-order valence-electron chi connectivity index (χ3n) is 5.81. The fourth-order valence-corrected chi connectivity index (χ4v) is 4.42. The molecule has 160 valence electrons. The van der Waals surface area contributed by atoms with Crippen molar-refractivity contribution in [2.24, 2.45) is 0 Å². The first-order valence-electron chi connectivity index (χ1n) is 10.5. The molecule has 2 aromatic heterocycles. The minimum atomic E-state index is 0.664. The average Bonchev–Trinajstić information content (AvgIpc) is 3.00. The van der Waals surface area contributed by atoms with Crippen LogP contribution < -0.4 is 20.3 Å². The van der Waals surface area contributed by atoms with Gasteiger partial charge in [-0.2, -0.15) is 0 Å². The monoisotopic (exact) mass is 436 g/mol. The van der Waals surface area contributed by atoms with Gasteiger partial charge in [0.1, 0.15) is 17.6 Å². The summed E-state index contributed by atoms with van der Waals surface area (Å²) < 4.78 is 7.78. The van der Waals surface area contributed by atoms with Gasteiger partial charge in [-0.3, -0.25) is 9.38 Å². The smallest absolute Gasteiger partial charge is 0.158 e. The number of hydrogen-bond donors (Lipinski definition) is 2. The highest BCUT2D eigenvalue weighted by Crippen LogP contribution is 2.35. The molecule has 0 bridgehead atoms. The molecule has 1 aliphatic rings. The van der Waals surface area contributed by atoms with Crippen molar-refractivity contribution in [3.05, 3.63) is 53.4 Å². The molecule has 1 fully saturated rings. The van der Waals surface area contributed by atoms with Crippen molar-refractivity contribution in [1.29, 1.82) is 0 Å². The summed E-state index contributed by atoms with van der Waals surface area (Å²) in [7, 11) is 1.71. The first-order chi connectivity index (χ1) is 15.2. The lowest BCUT2D eigenvalue weighted by Gasteiger charge is -2.25. The van der Waals surface area contributed by atoms with Crippen LogP contribution in [0.5, 0.6) is 5.75 Å². The van der Waals surface area contributed by atoms with E-state index < -0.39 is 0 Å². The highest BCUT2D eigenvalue weighted by Gasteiger charge is 2.18. The van der Waals surface area contributed by atoms with E-state index in [1.54, 1.807) is 7.11 Å². The predicted molar refractivity (Wildman–Crippen MR) is 126 cm³/mol. The van der Waals surface area contributed by atoms with Gasteiger partial charge in [-0.1, -0.05) is 23.7 Å². The molecule has 0 unspecified atom stereocenters. The number of ether oxygens (including phenoxy) is 1. The van der Waals surface area contributed by atoms with E-state index in [1.807, 2.05) is 43.7 Å². The van der Waals surface area contributed by atoms with Gasteiger partial charge in [0.15, 0.2) is 5.82 Å². The van der Waals surface area contributed by atoms with Crippen molar-refractivity contribution < 1.29 is 4.74 Å². The zero-order valence-electron chi connectivity index (χ0n) is 17.7. The number of benzene rings is 2. The molecular formula is C23H25ClN6O. The zero-order valence-corrected chi connectivity index (χ0v) is 18.4. The molecule has 7 nitrogen and oxygen atoms in total. The second-order valence-corrected chi connectivity index (χ2v) is 8.17. The maximum Gasteiger partial charge on any atom is 0.158 e. The predicted octanol–water partition coefficient (Wildman–Crippen LogP) is 4.40. The van der Waals surface area contributed by atoms with Crippen LogP contribution in [0.15, 0.2) is 42.9 Å². The largest absolute Gasteiger partial charge is 0.495 e. The Kier molecular flexibility index (Phi) is 5.29. The number of anilines is 3. The molecule has 5 rings (SSSR count). The van der Waals surface area contributed by atoms with Crippen LogP contribution in [0.4, 0.5) is 17.2 Å². The molecule has 0 spiro atoms. The number of fused-ring (bicyclic) bond motifs is 3. The van der Waals surface area contributed by atoms with Gasteiger partial charge >= 0.3 is 0 Å². The Morgan fingerprint density at radius 3 is 2.87 bits per heavy atom. The molecule has 1 saturated heterocycles. The Morgan fingerprint density at radius 1 is 1.13 bits per heavy atom. The van der Waals surface area contributed by atoms with Crippen molar-refractivity contribution in [1.82, 2.24) is 19.7 Å². The summed E-state index contributed by atoms with van der Waals surface area (Å²) in [6.45, 7) is 5.94. The van der Waals surface area contributed by atoms with Crippen molar-refractivity contribution >= 4 is 45.3 Å². The number of rotatable bonds is 4. The van der Waals surface area contributed by atoms with Crippen molar-refractivity contribution in [2.75, 3.05) is 43.5 Å². The summed E-state index contributed by atoms with van der Waals surface area (Å²) in [5.41, 5.74) is 5.74. The Hall–Kier alpha value is -3.03. The number of aromatic nitrogens is 3. The number of aryl methyl sites for hydroxylation is 1. The lowest BCUT2D eigenvalue weighted by atomic mass is 10.2. The van der Waals surface area contributed by atoms with E-state index >= 15 is 0 Å². The molecule has 0 amide bonds. The van der Waals surface area contributed by atoms with Crippen LogP contribution in [0.1, 0.15) is 12.0 Å². The van der Waals surface area contributed by atoms with Gasteiger partial charge in [0, 0.05) is 25.7 Å². The van der Waals surface area contributed by atoms with Gasteiger partial charge in [-0.25, -0.2) is 4.98 Å². The molecular weight excluding hydrogens is 412 g/mol. The summed E-state index contributed by atoms with van der Waals surface area (Å²) in [6.07, 6.45) is 4.76.